The van der Waals surface area contributed by atoms with Gasteiger partial charge in [0.2, 0.25) is 0 Å². The maximum absolute atomic E-state index is 13.2. The third-order valence-corrected chi connectivity index (χ3v) is 7.04. The molecule has 1 amide bonds. The molecule has 2 aromatic carbocycles. The molecule has 0 aromatic heterocycles. The maximum atomic E-state index is 13.2. The molecule has 1 aliphatic heterocycles. The number of carbonyl (C=O) groups is 2. The van der Waals surface area contributed by atoms with Crippen LogP contribution < -0.4 is 4.74 Å². The van der Waals surface area contributed by atoms with Crippen LogP contribution in [-0.4, -0.2) is 48.0 Å². The number of esters is 1. The number of benzene rings is 2. The molecule has 2 aromatic rings. The second kappa shape index (κ2) is 8.44. The fourth-order valence-electron chi connectivity index (χ4n) is 5.52. The number of ether oxygens (including phenoxy) is 2. The average molecular weight is 425 g/mol. The molecule has 0 spiro atoms. The largest absolute Gasteiger partial charge is 0.497 e. The van der Waals surface area contributed by atoms with Gasteiger partial charge in [0.15, 0.2) is 0 Å². The normalized spacial score (nSPS) is 30.2. The first kappa shape index (κ1) is 21.5. The molecule has 1 saturated carbocycles. The van der Waals surface area contributed by atoms with Crippen LogP contribution in [0.1, 0.15) is 48.5 Å². The fraction of sp³-hybridized carbons (Fsp3) is 0.440. The number of amides is 1. The van der Waals surface area contributed by atoms with Crippen molar-refractivity contribution in [3.63, 3.8) is 0 Å². The van der Waals surface area contributed by atoms with Gasteiger partial charge >= 0.3 is 11.9 Å². The first-order chi connectivity index (χ1) is 14.9. The fourth-order valence-corrected chi connectivity index (χ4v) is 5.52. The van der Waals surface area contributed by atoms with Crippen LogP contribution in [0, 0.1) is 5.92 Å². The van der Waals surface area contributed by atoms with E-state index < -0.39 is 4.65 Å². The van der Waals surface area contributed by atoms with E-state index in [0.717, 1.165) is 24.2 Å². The number of methoxy groups -OCH3 is 1. The van der Waals surface area contributed by atoms with Crippen LogP contribution in [0.4, 0.5) is 0 Å². The Kier molecular flexibility index (Phi) is 5.86. The Balaban J connectivity index is 1.68. The minimum atomic E-state index is -0.585. The Morgan fingerprint density at radius 1 is 1.10 bits per heavy atom. The van der Waals surface area contributed by atoms with Crippen LogP contribution in [0.5, 0.6) is 5.75 Å². The lowest BCUT2D eigenvalue weighted by Gasteiger charge is -2.52. The minimum Gasteiger partial charge on any atom is -0.497 e. The molecule has 2 aliphatic rings. The zero-order chi connectivity index (χ0) is 22.1. The van der Waals surface area contributed by atoms with Crippen molar-refractivity contribution in [2.45, 2.75) is 44.1 Å². The summed E-state index contributed by atoms with van der Waals surface area (Å²) in [6, 6.07) is 17.0. The van der Waals surface area contributed by atoms with Gasteiger partial charge in [-0.25, -0.2) is 10.0 Å². The molecule has 1 aliphatic carbocycles. The van der Waals surface area contributed by atoms with E-state index in [1.807, 2.05) is 36.4 Å². The first-order valence-corrected chi connectivity index (χ1v) is 10.9. The highest BCUT2D eigenvalue weighted by molar-refractivity contribution is 5.88. The zero-order valence-electron chi connectivity index (χ0n) is 18.1. The van der Waals surface area contributed by atoms with Crippen molar-refractivity contribution in [3.05, 3.63) is 65.7 Å². The Morgan fingerprint density at radius 3 is 2.58 bits per heavy atom. The number of hydrogen-bond donors (Lipinski definition) is 1. The summed E-state index contributed by atoms with van der Waals surface area (Å²) in [5.74, 6) is 0.322. The lowest BCUT2D eigenvalue weighted by Crippen LogP contribution is -2.63. The van der Waals surface area contributed by atoms with Gasteiger partial charge in [-0.15, -0.1) is 4.65 Å². The van der Waals surface area contributed by atoms with Gasteiger partial charge in [-0.3, -0.25) is 4.79 Å². The monoisotopic (exact) mass is 424 g/mol. The number of fused-ring (bicyclic) bond motifs is 1. The molecule has 4 rings (SSSR count). The molecule has 0 bridgehead atoms. The van der Waals surface area contributed by atoms with Crippen LogP contribution >= 0.6 is 0 Å². The second-order valence-corrected chi connectivity index (χ2v) is 8.85. The number of rotatable bonds is 4. The van der Waals surface area contributed by atoms with E-state index in [1.165, 1.54) is 6.92 Å². The number of quaternary nitrogens is 1. The molecule has 1 heterocycles. The van der Waals surface area contributed by atoms with Gasteiger partial charge < -0.3 is 9.47 Å². The number of likely N-dealkylation sites (tertiary alicyclic amines) is 1. The van der Waals surface area contributed by atoms with Gasteiger partial charge in [0, 0.05) is 24.7 Å². The van der Waals surface area contributed by atoms with Crippen LogP contribution in [0.3, 0.4) is 0 Å². The highest BCUT2D eigenvalue weighted by atomic mass is 16.6. The van der Waals surface area contributed by atoms with Crippen molar-refractivity contribution in [2.24, 2.45) is 5.92 Å². The summed E-state index contributed by atoms with van der Waals surface area (Å²) in [4.78, 5) is 24.8. The summed E-state index contributed by atoms with van der Waals surface area (Å²) in [6.45, 7) is 2.10. The lowest BCUT2D eigenvalue weighted by molar-refractivity contribution is -1.04. The van der Waals surface area contributed by atoms with Crippen molar-refractivity contribution in [2.75, 3.05) is 20.2 Å². The standard InChI is InChI=1S/C25H30NO5/c1-18(27)31-23-12-11-21-17-26(29,24(28)19-7-4-3-5-8-19)14-13-25(21,16-23)20-9-6-10-22(15-20)30-2/h3-10,15,21,23,29H,11-14,16-17H2,1-2H3/q+1. The number of hydroxylamine groups is 3. The highest BCUT2D eigenvalue weighted by Crippen LogP contribution is 2.51. The van der Waals surface area contributed by atoms with Crippen LogP contribution in [-0.2, 0) is 14.9 Å². The Bertz CT molecular complexity index is 961. The summed E-state index contributed by atoms with van der Waals surface area (Å²) in [5, 5.41) is 11.4. The van der Waals surface area contributed by atoms with Gasteiger partial charge in [-0.05, 0) is 49.1 Å². The third kappa shape index (κ3) is 4.10. The van der Waals surface area contributed by atoms with Crippen molar-refractivity contribution >= 4 is 11.9 Å². The molecule has 6 heteroatoms. The molecule has 4 atom stereocenters. The van der Waals surface area contributed by atoms with E-state index in [1.54, 1.807) is 19.2 Å². The third-order valence-electron chi connectivity index (χ3n) is 7.04. The molecule has 164 valence electrons. The summed E-state index contributed by atoms with van der Waals surface area (Å²) < 4.78 is 10.5. The average Bonchev–Trinajstić information content (AvgIpc) is 2.79. The van der Waals surface area contributed by atoms with Gasteiger partial charge in [-0.2, -0.15) is 0 Å². The summed E-state index contributed by atoms with van der Waals surface area (Å²) in [5.41, 5.74) is 1.36. The zero-order valence-corrected chi connectivity index (χ0v) is 18.1. The maximum Gasteiger partial charge on any atom is 0.377 e. The molecule has 4 unspecified atom stereocenters. The van der Waals surface area contributed by atoms with Crippen molar-refractivity contribution in [1.29, 1.82) is 0 Å². The molecule has 31 heavy (non-hydrogen) atoms. The van der Waals surface area contributed by atoms with E-state index in [0.29, 0.717) is 31.5 Å². The Labute approximate surface area is 182 Å². The van der Waals surface area contributed by atoms with Gasteiger partial charge in [0.1, 0.15) is 24.9 Å². The van der Waals surface area contributed by atoms with Gasteiger partial charge in [-0.1, -0.05) is 30.3 Å². The van der Waals surface area contributed by atoms with E-state index in [-0.39, 0.29) is 29.3 Å². The van der Waals surface area contributed by atoms with E-state index in [4.69, 9.17) is 9.47 Å². The van der Waals surface area contributed by atoms with Crippen LogP contribution in [0.25, 0.3) is 0 Å². The molecule has 6 nitrogen and oxygen atoms in total. The van der Waals surface area contributed by atoms with Crippen molar-refractivity contribution < 1.29 is 28.9 Å². The number of hydrogen-bond acceptors (Lipinski definition) is 5. The quantitative estimate of drug-likeness (QED) is 0.454. The number of piperidine rings is 1. The Hall–Kier alpha value is -2.70. The molecule has 1 saturated heterocycles. The molecular formula is C25H30NO5+. The molecule has 2 fully saturated rings. The van der Waals surface area contributed by atoms with E-state index >= 15 is 0 Å². The predicted octanol–water partition coefficient (Wildman–Crippen LogP) is 4.11. The minimum absolute atomic E-state index is 0.0813. The highest BCUT2D eigenvalue weighted by Gasteiger charge is 2.56. The summed E-state index contributed by atoms with van der Waals surface area (Å²) in [7, 11) is 1.64. The number of nitrogens with zero attached hydrogens (tertiary/aromatic N) is 1. The SMILES string of the molecule is COc1cccc(C23CC[N+](O)(C(=O)c4ccccc4)CC2CCC(OC(C)=O)C3)c1. The first-order valence-electron chi connectivity index (χ1n) is 10.9. The second-order valence-electron chi connectivity index (χ2n) is 8.85. The molecule has 0 radical (unpaired) electrons. The van der Waals surface area contributed by atoms with Gasteiger partial charge in [0.25, 0.3) is 0 Å². The van der Waals surface area contributed by atoms with E-state index in [9.17, 15) is 14.8 Å². The van der Waals surface area contributed by atoms with Crippen LogP contribution in [0.2, 0.25) is 0 Å². The van der Waals surface area contributed by atoms with E-state index in [2.05, 4.69) is 6.07 Å². The number of carbonyl (C=O) groups excluding carboxylic acids is 2. The smallest absolute Gasteiger partial charge is 0.377 e. The molecule has 1 N–H and O–H groups in total. The Morgan fingerprint density at radius 2 is 1.87 bits per heavy atom. The summed E-state index contributed by atoms with van der Waals surface area (Å²) >= 11 is 0. The predicted molar refractivity (Wildman–Crippen MR) is 115 cm³/mol. The lowest BCUT2D eigenvalue weighted by atomic mass is 9.58. The molecular weight excluding hydrogens is 394 g/mol. The van der Waals surface area contributed by atoms with Gasteiger partial charge in [0.05, 0.1) is 12.7 Å². The van der Waals surface area contributed by atoms with Crippen LogP contribution in [0.15, 0.2) is 54.6 Å². The van der Waals surface area contributed by atoms with Crippen molar-refractivity contribution in [3.8, 4) is 5.75 Å². The van der Waals surface area contributed by atoms with Crippen molar-refractivity contribution in [1.82, 2.24) is 0 Å². The topological polar surface area (TPSA) is 72.8 Å². The summed E-state index contributed by atoms with van der Waals surface area (Å²) in [6.07, 6.45) is 2.65.